The van der Waals surface area contributed by atoms with Gasteiger partial charge < -0.3 is 14.4 Å². The van der Waals surface area contributed by atoms with Crippen molar-refractivity contribution in [1.29, 1.82) is 0 Å². The number of nitrogens with zero attached hydrogens (tertiary/aromatic N) is 2. The van der Waals surface area contributed by atoms with Crippen molar-refractivity contribution in [3.8, 4) is 5.75 Å². The zero-order valence-electron chi connectivity index (χ0n) is 19.3. The molecule has 2 aliphatic heterocycles. The highest BCUT2D eigenvalue weighted by atomic mass is 127. The Balaban J connectivity index is 1.45. The summed E-state index contributed by atoms with van der Waals surface area (Å²) >= 11 is -0.343. The Morgan fingerprint density at radius 1 is 1.24 bits per heavy atom. The number of halogens is 1. The van der Waals surface area contributed by atoms with E-state index < -0.39 is 5.60 Å². The molecule has 2 aliphatic rings. The lowest BCUT2D eigenvalue weighted by Gasteiger charge is -2.43. The molecule has 1 aromatic carbocycles. The van der Waals surface area contributed by atoms with Gasteiger partial charge in [-0.1, -0.05) is 25.2 Å². The average Bonchev–Trinajstić information content (AvgIpc) is 2.80. The number of piperidine rings is 1. The van der Waals surface area contributed by atoms with Crippen molar-refractivity contribution in [3.05, 3.63) is 63.0 Å². The Morgan fingerprint density at radius 3 is 2.67 bits per heavy atom. The van der Waals surface area contributed by atoms with Gasteiger partial charge in [0.2, 0.25) is 0 Å². The van der Waals surface area contributed by atoms with Crippen LogP contribution in [0.15, 0.2) is 42.7 Å². The maximum absolute atomic E-state index is 13.1. The fourth-order valence-electron chi connectivity index (χ4n) is 4.32. The number of ether oxygens (including phenoxy) is 2. The first-order valence-corrected chi connectivity index (χ1v) is 13.7. The lowest BCUT2D eigenvalue weighted by atomic mass is 9.84. The molecule has 6 nitrogen and oxygen atoms in total. The van der Waals surface area contributed by atoms with Gasteiger partial charge in [0.15, 0.2) is 5.78 Å². The van der Waals surface area contributed by atoms with Gasteiger partial charge in [-0.3, -0.25) is 14.6 Å². The van der Waals surface area contributed by atoms with E-state index in [0.29, 0.717) is 43.7 Å². The number of hydrogen-bond acceptors (Lipinski definition) is 5. The summed E-state index contributed by atoms with van der Waals surface area (Å²) in [6.07, 6.45) is 6.78. The van der Waals surface area contributed by atoms with E-state index in [-0.39, 0.29) is 38.5 Å². The summed E-state index contributed by atoms with van der Waals surface area (Å²) in [5.41, 5.74) is 1.85. The number of likely N-dealkylation sites (tertiary alicyclic amines) is 1. The molecule has 1 amide bonds. The zero-order chi connectivity index (χ0) is 23.6. The number of allylic oxidation sites excluding steroid dienone is 1. The van der Waals surface area contributed by atoms with E-state index in [0.717, 1.165) is 20.4 Å². The molecule has 3 heterocycles. The summed E-state index contributed by atoms with van der Waals surface area (Å²) in [5, 5.41) is 0. The fourth-order valence-corrected chi connectivity index (χ4v) is 5.24. The Bertz CT molecular complexity index is 1120. The van der Waals surface area contributed by atoms with Crippen LogP contribution in [-0.4, -0.2) is 50.9 Å². The van der Waals surface area contributed by atoms with Gasteiger partial charge in [-0.05, 0) is 50.6 Å². The predicted octanol–water partition coefficient (Wildman–Crippen LogP) is 4.75. The van der Waals surface area contributed by atoms with Crippen molar-refractivity contribution in [2.24, 2.45) is 0 Å². The molecule has 4 rings (SSSR count). The largest absolute Gasteiger partial charge is 0.491 e. The second kappa shape index (κ2) is 9.75. The van der Waals surface area contributed by atoms with Gasteiger partial charge >= 0.3 is 0 Å². The normalized spacial score (nSPS) is 17.6. The number of hydrogen-bond donors (Lipinski definition) is 0. The molecule has 1 spiro atoms. The average molecular weight is 560 g/mol. The van der Waals surface area contributed by atoms with E-state index in [2.05, 4.69) is 9.50 Å². The SMILES string of the molecule is C=Ic1cncc(C2=CC(=O)CC3(CCN(C(=O)c4ccc(OC(C)C)c(C)c4)CC3)O2)c1. The Hall–Kier alpha value is -2.55. The van der Waals surface area contributed by atoms with Crippen molar-refractivity contribution in [2.45, 2.75) is 51.7 Å². The van der Waals surface area contributed by atoms with E-state index >= 15 is 0 Å². The van der Waals surface area contributed by atoms with Crippen LogP contribution < -0.4 is 4.74 Å². The Morgan fingerprint density at radius 2 is 2.00 bits per heavy atom. The quantitative estimate of drug-likeness (QED) is 0.494. The molecule has 1 aromatic heterocycles. The van der Waals surface area contributed by atoms with Crippen molar-refractivity contribution >= 4 is 42.7 Å². The summed E-state index contributed by atoms with van der Waals surface area (Å²) in [7, 11) is 0. The van der Waals surface area contributed by atoms with E-state index in [9.17, 15) is 9.59 Å². The standard InChI is InChI=1S/C26H29IN2O4/c1-17(2)32-23-6-5-19(11-18(23)3)25(31)29-9-7-26(8-10-29)14-22(30)13-24(33-26)20-12-21(27-4)16-28-15-20/h5-6,11-13,15-17H,4,7-10,14H2,1-3H3. The van der Waals surface area contributed by atoms with Gasteiger partial charge in [0.05, 0.1) is 12.5 Å². The highest BCUT2D eigenvalue weighted by molar-refractivity contribution is 14.2. The summed E-state index contributed by atoms with van der Waals surface area (Å²) in [6.45, 7) is 7.01. The number of carbonyl (C=O) groups is 2. The number of aryl methyl sites for hydroxylation is 1. The van der Waals surface area contributed by atoms with Gasteiger partial charge in [0.25, 0.3) is 5.91 Å². The third kappa shape index (κ3) is 5.34. The minimum absolute atomic E-state index is 0.00165. The third-order valence-electron chi connectivity index (χ3n) is 6.01. The van der Waals surface area contributed by atoms with Crippen LogP contribution >= 0.6 is 20.7 Å². The summed E-state index contributed by atoms with van der Waals surface area (Å²) in [5.74, 6) is 1.43. The summed E-state index contributed by atoms with van der Waals surface area (Å²) in [4.78, 5) is 31.8. The molecule has 0 bridgehead atoms. The second-order valence-electron chi connectivity index (χ2n) is 8.90. The number of aromatic nitrogens is 1. The van der Waals surface area contributed by atoms with Crippen LogP contribution in [0.1, 0.15) is 54.6 Å². The predicted molar refractivity (Wildman–Crippen MR) is 138 cm³/mol. The monoisotopic (exact) mass is 560 g/mol. The number of pyridine rings is 1. The van der Waals surface area contributed by atoms with Gasteiger partial charge in [-0.2, -0.15) is 0 Å². The first-order valence-electron chi connectivity index (χ1n) is 11.1. The molecule has 33 heavy (non-hydrogen) atoms. The highest BCUT2D eigenvalue weighted by Crippen LogP contribution is 2.39. The molecular formula is C26H29IN2O4. The van der Waals surface area contributed by atoms with Crippen LogP contribution in [0.25, 0.3) is 5.76 Å². The Labute approximate surface area is 204 Å². The number of carbonyl (C=O) groups excluding carboxylic acids is 2. The smallest absolute Gasteiger partial charge is 0.253 e. The lowest BCUT2D eigenvalue weighted by molar-refractivity contribution is -0.123. The second-order valence-corrected chi connectivity index (χ2v) is 10.9. The van der Waals surface area contributed by atoms with Crippen molar-refractivity contribution in [2.75, 3.05) is 13.1 Å². The van der Waals surface area contributed by atoms with Crippen LogP contribution in [-0.2, 0) is 9.53 Å². The first kappa shape index (κ1) is 23.6. The summed E-state index contributed by atoms with van der Waals surface area (Å²) in [6, 6.07) is 7.59. The van der Waals surface area contributed by atoms with Gasteiger partial charge in [0.1, 0.15) is 17.1 Å². The minimum atomic E-state index is -0.571. The van der Waals surface area contributed by atoms with E-state index in [1.807, 2.05) is 56.1 Å². The maximum Gasteiger partial charge on any atom is 0.253 e. The van der Waals surface area contributed by atoms with Crippen molar-refractivity contribution in [3.63, 3.8) is 0 Å². The van der Waals surface area contributed by atoms with Gasteiger partial charge in [0, 0.05) is 59.1 Å². The minimum Gasteiger partial charge on any atom is -0.491 e. The molecule has 1 fully saturated rings. The van der Waals surface area contributed by atoms with Crippen molar-refractivity contribution in [1.82, 2.24) is 9.88 Å². The topological polar surface area (TPSA) is 68.7 Å². The van der Waals surface area contributed by atoms with Crippen molar-refractivity contribution < 1.29 is 19.1 Å². The molecule has 0 N–H and O–H groups in total. The molecule has 1 saturated heterocycles. The van der Waals surface area contributed by atoms with Crippen LogP contribution in [0.2, 0.25) is 0 Å². The molecule has 0 radical (unpaired) electrons. The van der Waals surface area contributed by atoms with Crippen LogP contribution in [0.3, 0.4) is 0 Å². The van der Waals surface area contributed by atoms with E-state index in [1.54, 1.807) is 12.3 Å². The highest BCUT2D eigenvalue weighted by Gasteiger charge is 2.42. The number of benzene rings is 1. The van der Waals surface area contributed by atoms with Crippen LogP contribution in [0.5, 0.6) is 5.75 Å². The summed E-state index contributed by atoms with van der Waals surface area (Å²) < 4.78 is 17.3. The number of rotatable bonds is 5. The molecule has 0 aliphatic carbocycles. The molecule has 0 atom stereocenters. The molecule has 0 saturated carbocycles. The Kier molecular flexibility index (Phi) is 6.97. The molecule has 2 aromatic rings. The molecule has 0 unspecified atom stereocenters. The lowest BCUT2D eigenvalue weighted by Crippen LogP contribution is -2.49. The van der Waals surface area contributed by atoms with Gasteiger partial charge in [-0.15, -0.1) is 0 Å². The zero-order valence-corrected chi connectivity index (χ0v) is 21.4. The van der Waals surface area contributed by atoms with Crippen LogP contribution in [0, 0.1) is 10.5 Å². The van der Waals surface area contributed by atoms with E-state index in [4.69, 9.17) is 9.47 Å². The number of ketones is 1. The fraction of sp³-hybridized carbons (Fsp3) is 0.385. The van der Waals surface area contributed by atoms with Crippen LogP contribution in [0.4, 0.5) is 0 Å². The maximum atomic E-state index is 13.1. The first-order chi connectivity index (χ1) is 15.8. The molecule has 174 valence electrons. The third-order valence-corrected chi connectivity index (χ3v) is 7.48. The van der Waals surface area contributed by atoms with E-state index in [1.165, 1.54) is 0 Å². The molecule has 7 heteroatoms. The van der Waals surface area contributed by atoms with Gasteiger partial charge in [-0.25, -0.2) is 0 Å². The number of amides is 1. The molecular weight excluding hydrogens is 531 g/mol.